The molecule has 3 rings (SSSR count). The van der Waals surface area contributed by atoms with Gasteiger partial charge in [0.2, 0.25) is 0 Å². The van der Waals surface area contributed by atoms with Gasteiger partial charge < -0.3 is 20.3 Å². The maximum atomic E-state index is 5.63. The molecule has 146 valence electrons. The molecule has 0 saturated carbocycles. The van der Waals surface area contributed by atoms with Gasteiger partial charge in [0.05, 0.1) is 25.3 Å². The number of guanidine groups is 1. The third kappa shape index (κ3) is 5.68. The molecule has 0 bridgehead atoms. The van der Waals surface area contributed by atoms with Crippen molar-refractivity contribution in [1.29, 1.82) is 0 Å². The summed E-state index contributed by atoms with van der Waals surface area (Å²) in [6.07, 6.45) is 2.11. The topological polar surface area (TPSA) is 61.8 Å². The monoisotopic (exact) mass is 387 g/mol. The van der Waals surface area contributed by atoms with E-state index in [-0.39, 0.29) is 12.1 Å². The van der Waals surface area contributed by atoms with Crippen LogP contribution in [0.2, 0.25) is 0 Å². The quantitative estimate of drug-likeness (QED) is 0.589. The van der Waals surface area contributed by atoms with E-state index in [1.807, 2.05) is 12.3 Å². The minimum absolute atomic E-state index is 0.227. The molecule has 1 fully saturated rings. The van der Waals surface area contributed by atoms with Crippen LogP contribution in [0.3, 0.4) is 0 Å². The first-order valence-electron chi connectivity index (χ1n) is 9.55. The molecule has 0 aliphatic carbocycles. The zero-order valence-electron chi connectivity index (χ0n) is 16.3. The minimum Gasteiger partial charge on any atom is -0.375 e. The maximum Gasteiger partial charge on any atom is 0.192 e. The van der Waals surface area contributed by atoms with Gasteiger partial charge in [-0.3, -0.25) is 0 Å². The Balaban J connectivity index is 1.65. The molecular weight excluding hydrogens is 358 g/mol. The van der Waals surface area contributed by atoms with Gasteiger partial charge in [0.25, 0.3) is 0 Å². The summed E-state index contributed by atoms with van der Waals surface area (Å²) in [5.74, 6) is 1.83. The summed E-state index contributed by atoms with van der Waals surface area (Å²) < 4.78 is 5.63. The second-order valence-electron chi connectivity index (χ2n) is 6.73. The van der Waals surface area contributed by atoms with Crippen LogP contribution in [0.1, 0.15) is 37.3 Å². The van der Waals surface area contributed by atoms with Crippen LogP contribution >= 0.6 is 11.3 Å². The van der Waals surface area contributed by atoms with Crippen LogP contribution in [0.5, 0.6) is 0 Å². The van der Waals surface area contributed by atoms with Crippen LogP contribution in [-0.4, -0.2) is 43.3 Å². The molecule has 0 amide bonds. The van der Waals surface area contributed by atoms with Gasteiger partial charge in [-0.05, 0) is 49.9 Å². The predicted octanol–water partition coefficient (Wildman–Crippen LogP) is 3.18. The lowest BCUT2D eigenvalue weighted by molar-refractivity contribution is 0.0529. The van der Waals surface area contributed by atoms with Crippen molar-refractivity contribution >= 4 is 23.1 Å². The largest absolute Gasteiger partial charge is 0.375 e. The summed E-state index contributed by atoms with van der Waals surface area (Å²) >= 11 is 1.75. The van der Waals surface area contributed by atoms with Crippen LogP contribution < -0.4 is 15.5 Å². The number of ether oxygens (including phenoxy) is 1. The van der Waals surface area contributed by atoms with E-state index in [1.54, 1.807) is 11.3 Å². The minimum atomic E-state index is 0.227. The Labute approximate surface area is 165 Å². The molecule has 1 aliphatic rings. The number of morpholine rings is 1. The van der Waals surface area contributed by atoms with Crippen molar-refractivity contribution in [2.75, 3.05) is 31.1 Å². The van der Waals surface area contributed by atoms with Crippen molar-refractivity contribution in [2.45, 2.75) is 39.5 Å². The highest BCUT2D eigenvalue weighted by atomic mass is 32.1. The van der Waals surface area contributed by atoms with E-state index in [2.05, 4.69) is 64.9 Å². The van der Waals surface area contributed by atoms with Gasteiger partial charge in [-0.1, -0.05) is 6.07 Å². The van der Waals surface area contributed by atoms with E-state index < -0.39 is 0 Å². The first-order chi connectivity index (χ1) is 13.2. The SMILES string of the molecule is CCNC(=NCc1ccnc(N2CCOC(C)C2)c1)NC(C)c1cccs1. The van der Waals surface area contributed by atoms with E-state index in [1.165, 1.54) is 4.88 Å². The summed E-state index contributed by atoms with van der Waals surface area (Å²) in [5, 5.41) is 8.91. The lowest BCUT2D eigenvalue weighted by atomic mass is 10.2. The molecular formula is C20H29N5OS. The van der Waals surface area contributed by atoms with E-state index in [0.29, 0.717) is 6.54 Å². The second-order valence-corrected chi connectivity index (χ2v) is 7.71. The third-order valence-electron chi connectivity index (χ3n) is 4.46. The molecule has 0 radical (unpaired) electrons. The highest BCUT2D eigenvalue weighted by Gasteiger charge is 2.18. The summed E-state index contributed by atoms with van der Waals surface area (Å²) in [6.45, 7) is 10.3. The standard InChI is InChI=1S/C20H29N5OS/c1-4-21-20(24-16(3)18-6-5-11-27-18)23-13-17-7-8-22-19(12-17)25-9-10-26-15(2)14-25/h5-8,11-12,15-16H,4,9-10,13-14H2,1-3H3,(H2,21,23,24). The number of nitrogens with one attached hydrogen (secondary N) is 2. The van der Waals surface area contributed by atoms with Gasteiger partial charge in [0, 0.05) is 30.7 Å². The molecule has 6 nitrogen and oxygen atoms in total. The van der Waals surface area contributed by atoms with E-state index in [0.717, 1.165) is 43.6 Å². The highest BCUT2D eigenvalue weighted by Crippen LogP contribution is 2.19. The van der Waals surface area contributed by atoms with Gasteiger partial charge in [-0.25, -0.2) is 9.98 Å². The number of rotatable bonds is 6. The molecule has 2 N–H and O–H groups in total. The summed E-state index contributed by atoms with van der Waals surface area (Å²) in [5.41, 5.74) is 1.15. The average molecular weight is 388 g/mol. The number of thiophene rings is 1. The maximum absolute atomic E-state index is 5.63. The Kier molecular flexibility index (Phi) is 7.06. The molecule has 1 aliphatic heterocycles. The molecule has 2 atom stereocenters. The van der Waals surface area contributed by atoms with Gasteiger partial charge in [0.15, 0.2) is 5.96 Å². The van der Waals surface area contributed by atoms with Gasteiger partial charge in [-0.15, -0.1) is 11.3 Å². The number of aliphatic imine (C=N–C) groups is 1. The fraction of sp³-hybridized carbons (Fsp3) is 0.500. The van der Waals surface area contributed by atoms with Crippen molar-refractivity contribution in [3.05, 3.63) is 46.3 Å². The number of pyridine rings is 1. The van der Waals surface area contributed by atoms with Crippen LogP contribution in [0, 0.1) is 0 Å². The fourth-order valence-electron chi connectivity index (χ4n) is 3.06. The summed E-state index contributed by atoms with van der Waals surface area (Å²) in [4.78, 5) is 12.9. The Morgan fingerprint density at radius 2 is 2.37 bits per heavy atom. The van der Waals surface area contributed by atoms with Gasteiger partial charge in [0.1, 0.15) is 5.82 Å². The Bertz CT molecular complexity index is 734. The normalized spacial score (nSPS) is 19.0. The van der Waals surface area contributed by atoms with Crippen molar-refractivity contribution in [3.63, 3.8) is 0 Å². The number of hydrogen-bond donors (Lipinski definition) is 2. The lowest BCUT2D eigenvalue weighted by Crippen LogP contribution is -2.41. The molecule has 1 saturated heterocycles. The fourth-order valence-corrected chi connectivity index (χ4v) is 3.80. The molecule has 3 heterocycles. The molecule has 7 heteroatoms. The highest BCUT2D eigenvalue weighted by molar-refractivity contribution is 7.10. The Hall–Kier alpha value is -2.12. The van der Waals surface area contributed by atoms with Crippen LogP contribution in [0.4, 0.5) is 5.82 Å². The molecule has 0 aromatic carbocycles. The van der Waals surface area contributed by atoms with E-state index in [9.17, 15) is 0 Å². The van der Waals surface area contributed by atoms with Crippen LogP contribution in [0.25, 0.3) is 0 Å². The Morgan fingerprint density at radius 3 is 3.11 bits per heavy atom. The smallest absolute Gasteiger partial charge is 0.192 e. The summed E-state index contributed by atoms with van der Waals surface area (Å²) in [6, 6.07) is 8.61. The van der Waals surface area contributed by atoms with Crippen molar-refractivity contribution in [3.8, 4) is 0 Å². The van der Waals surface area contributed by atoms with Crippen LogP contribution in [0.15, 0.2) is 40.8 Å². The number of aromatic nitrogens is 1. The van der Waals surface area contributed by atoms with Crippen molar-refractivity contribution in [2.24, 2.45) is 4.99 Å². The van der Waals surface area contributed by atoms with E-state index >= 15 is 0 Å². The molecule has 0 spiro atoms. The first kappa shape index (κ1) is 19.6. The Morgan fingerprint density at radius 1 is 1.48 bits per heavy atom. The van der Waals surface area contributed by atoms with Crippen LogP contribution in [-0.2, 0) is 11.3 Å². The zero-order chi connectivity index (χ0) is 19.1. The molecule has 27 heavy (non-hydrogen) atoms. The van der Waals surface area contributed by atoms with Gasteiger partial charge >= 0.3 is 0 Å². The van der Waals surface area contributed by atoms with Crippen molar-refractivity contribution in [1.82, 2.24) is 15.6 Å². The molecule has 2 aromatic rings. The lowest BCUT2D eigenvalue weighted by Gasteiger charge is -2.32. The predicted molar refractivity (Wildman–Crippen MR) is 113 cm³/mol. The van der Waals surface area contributed by atoms with Gasteiger partial charge in [-0.2, -0.15) is 0 Å². The first-order valence-corrected chi connectivity index (χ1v) is 10.4. The zero-order valence-corrected chi connectivity index (χ0v) is 17.1. The number of nitrogens with zero attached hydrogens (tertiary/aromatic N) is 3. The average Bonchev–Trinajstić information content (AvgIpc) is 3.21. The van der Waals surface area contributed by atoms with E-state index in [4.69, 9.17) is 9.73 Å². The third-order valence-corrected chi connectivity index (χ3v) is 5.52. The number of hydrogen-bond acceptors (Lipinski definition) is 5. The van der Waals surface area contributed by atoms with Crippen molar-refractivity contribution < 1.29 is 4.74 Å². The number of anilines is 1. The molecule has 2 aromatic heterocycles. The molecule has 2 unspecified atom stereocenters. The summed E-state index contributed by atoms with van der Waals surface area (Å²) in [7, 11) is 0. The second kappa shape index (κ2) is 9.71.